The number of carbonyl (C=O) groups is 1. The number of hydrogen-bond donors (Lipinski definition) is 1. The predicted octanol–water partition coefficient (Wildman–Crippen LogP) is 4.39. The van der Waals surface area contributed by atoms with Crippen molar-refractivity contribution < 1.29 is 9.53 Å². The molecule has 2 aromatic rings. The van der Waals surface area contributed by atoms with Crippen molar-refractivity contribution in [2.75, 3.05) is 12.4 Å². The van der Waals surface area contributed by atoms with Crippen LogP contribution >= 0.6 is 23.2 Å². The molecule has 2 rings (SSSR count). The zero-order valence-corrected chi connectivity index (χ0v) is 12.3. The lowest BCUT2D eigenvalue weighted by Crippen LogP contribution is -2.03. The van der Waals surface area contributed by atoms with Gasteiger partial charge in [0.15, 0.2) is 0 Å². The maximum atomic E-state index is 11.3. The molecule has 2 aromatic carbocycles. The zero-order valence-electron chi connectivity index (χ0n) is 10.8. The summed E-state index contributed by atoms with van der Waals surface area (Å²) in [6, 6.07) is 12.4. The van der Waals surface area contributed by atoms with Gasteiger partial charge in [-0.25, -0.2) is 4.79 Å². The second kappa shape index (κ2) is 6.64. The largest absolute Gasteiger partial charge is 0.465 e. The number of rotatable bonds is 4. The Morgan fingerprint density at radius 1 is 1.15 bits per heavy atom. The van der Waals surface area contributed by atoms with E-state index in [4.69, 9.17) is 23.2 Å². The number of methoxy groups -OCH3 is 1. The normalized spacial score (nSPS) is 10.2. The third-order valence-electron chi connectivity index (χ3n) is 2.79. The third kappa shape index (κ3) is 3.65. The van der Waals surface area contributed by atoms with Gasteiger partial charge in [-0.1, -0.05) is 35.3 Å². The van der Waals surface area contributed by atoms with Gasteiger partial charge in [0.2, 0.25) is 0 Å². The Hall–Kier alpha value is -1.71. The minimum atomic E-state index is -0.345. The average molecular weight is 310 g/mol. The average Bonchev–Trinajstić information content (AvgIpc) is 2.48. The quantitative estimate of drug-likeness (QED) is 0.851. The summed E-state index contributed by atoms with van der Waals surface area (Å²) >= 11 is 12.0. The van der Waals surface area contributed by atoms with E-state index < -0.39 is 0 Å². The van der Waals surface area contributed by atoms with E-state index in [2.05, 4.69) is 10.1 Å². The summed E-state index contributed by atoms with van der Waals surface area (Å²) in [4.78, 5) is 11.3. The first-order valence-electron chi connectivity index (χ1n) is 5.96. The van der Waals surface area contributed by atoms with Gasteiger partial charge in [0, 0.05) is 11.6 Å². The first-order valence-corrected chi connectivity index (χ1v) is 6.72. The molecule has 0 unspecified atom stereocenters. The molecular weight excluding hydrogens is 297 g/mol. The fourth-order valence-corrected chi connectivity index (χ4v) is 2.06. The minimum Gasteiger partial charge on any atom is -0.465 e. The molecule has 0 heterocycles. The van der Waals surface area contributed by atoms with Crippen molar-refractivity contribution in [1.29, 1.82) is 0 Å². The minimum absolute atomic E-state index is 0.345. The predicted molar refractivity (Wildman–Crippen MR) is 81.6 cm³/mol. The second-order valence-electron chi connectivity index (χ2n) is 4.17. The summed E-state index contributed by atoms with van der Waals surface area (Å²) in [6.45, 7) is 0.585. The molecule has 0 saturated heterocycles. The standard InChI is InChI=1S/C15H13Cl2NO2/c1-20-15(19)11-4-2-10(3-5-11)9-18-14-8-12(16)6-7-13(14)17/h2-8,18H,9H2,1H3. The smallest absolute Gasteiger partial charge is 0.337 e. The van der Waals surface area contributed by atoms with Crippen LogP contribution in [-0.4, -0.2) is 13.1 Å². The number of esters is 1. The van der Waals surface area contributed by atoms with Crippen LogP contribution in [-0.2, 0) is 11.3 Å². The number of benzene rings is 2. The van der Waals surface area contributed by atoms with Gasteiger partial charge in [0.1, 0.15) is 0 Å². The summed E-state index contributed by atoms with van der Waals surface area (Å²) < 4.78 is 4.65. The van der Waals surface area contributed by atoms with Gasteiger partial charge in [-0.05, 0) is 35.9 Å². The lowest BCUT2D eigenvalue weighted by atomic mass is 10.1. The van der Waals surface area contributed by atoms with Gasteiger partial charge in [-0.15, -0.1) is 0 Å². The summed E-state index contributed by atoms with van der Waals surface area (Å²) in [5.41, 5.74) is 2.32. The highest BCUT2D eigenvalue weighted by Crippen LogP contribution is 2.25. The first kappa shape index (κ1) is 14.7. The highest BCUT2D eigenvalue weighted by atomic mass is 35.5. The second-order valence-corrected chi connectivity index (χ2v) is 5.01. The van der Waals surface area contributed by atoms with Crippen molar-refractivity contribution in [3.63, 3.8) is 0 Å². The van der Waals surface area contributed by atoms with Crippen molar-refractivity contribution >= 4 is 34.9 Å². The van der Waals surface area contributed by atoms with Crippen LogP contribution in [0, 0.1) is 0 Å². The van der Waals surface area contributed by atoms with E-state index in [0.29, 0.717) is 22.2 Å². The lowest BCUT2D eigenvalue weighted by molar-refractivity contribution is 0.0600. The Labute approximate surface area is 127 Å². The number of anilines is 1. The Balaban J connectivity index is 2.04. The van der Waals surface area contributed by atoms with E-state index >= 15 is 0 Å². The molecule has 0 spiro atoms. The van der Waals surface area contributed by atoms with Crippen LogP contribution in [0.3, 0.4) is 0 Å². The zero-order chi connectivity index (χ0) is 14.5. The van der Waals surface area contributed by atoms with E-state index in [0.717, 1.165) is 11.3 Å². The molecule has 0 aliphatic heterocycles. The lowest BCUT2D eigenvalue weighted by Gasteiger charge is -2.09. The van der Waals surface area contributed by atoms with Crippen LogP contribution in [0.25, 0.3) is 0 Å². The van der Waals surface area contributed by atoms with Gasteiger partial charge in [-0.3, -0.25) is 0 Å². The van der Waals surface area contributed by atoms with E-state index in [1.807, 2.05) is 12.1 Å². The van der Waals surface area contributed by atoms with E-state index in [1.54, 1.807) is 30.3 Å². The van der Waals surface area contributed by atoms with Crippen molar-refractivity contribution in [2.24, 2.45) is 0 Å². The molecule has 104 valence electrons. The van der Waals surface area contributed by atoms with Crippen LogP contribution in [0.4, 0.5) is 5.69 Å². The van der Waals surface area contributed by atoms with E-state index in [1.165, 1.54) is 7.11 Å². The van der Waals surface area contributed by atoms with Crippen molar-refractivity contribution in [3.8, 4) is 0 Å². The molecule has 5 heteroatoms. The number of carbonyl (C=O) groups excluding carboxylic acids is 1. The van der Waals surface area contributed by atoms with Crippen LogP contribution in [0.15, 0.2) is 42.5 Å². The van der Waals surface area contributed by atoms with E-state index in [9.17, 15) is 4.79 Å². The first-order chi connectivity index (χ1) is 9.60. The molecule has 0 atom stereocenters. The fourth-order valence-electron chi connectivity index (χ4n) is 1.71. The van der Waals surface area contributed by atoms with E-state index in [-0.39, 0.29) is 5.97 Å². The van der Waals surface area contributed by atoms with Crippen LogP contribution < -0.4 is 5.32 Å². The van der Waals surface area contributed by atoms with Gasteiger partial charge in [0.05, 0.1) is 23.4 Å². The highest BCUT2D eigenvalue weighted by Gasteiger charge is 2.05. The molecule has 0 bridgehead atoms. The molecule has 0 fully saturated rings. The molecule has 3 nitrogen and oxygen atoms in total. The Morgan fingerprint density at radius 3 is 2.50 bits per heavy atom. The molecule has 20 heavy (non-hydrogen) atoms. The van der Waals surface area contributed by atoms with Gasteiger partial charge in [0.25, 0.3) is 0 Å². The van der Waals surface area contributed by atoms with Crippen LogP contribution in [0.2, 0.25) is 10.0 Å². The number of hydrogen-bond acceptors (Lipinski definition) is 3. The van der Waals surface area contributed by atoms with Crippen molar-refractivity contribution in [1.82, 2.24) is 0 Å². The maximum Gasteiger partial charge on any atom is 0.337 e. The van der Waals surface area contributed by atoms with Gasteiger partial charge in [-0.2, -0.15) is 0 Å². The number of halogens is 2. The van der Waals surface area contributed by atoms with Crippen LogP contribution in [0.5, 0.6) is 0 Å². The SMILES string of the molecule is COC(=O)c1ccc(CNc2cc(Cl)ccc2Cl)cc1. The van der Waals surface area contributed by atoms with Crippen LogP contribution in [0.1, 0.15) is 15.9 Å². The third-order valence-corrected chi connectivity index (χ3v) is 3.35. The summed E-state index contributed by atoms with van der Waals surface area (Å²) in [6.07, 6.45) is 0. The Morgan fingerprint density at radius 2 is 1.85 bits per heavy atom. The van der Waals surface area contributed by atoms with Crippen molar-refractivity contribution in [3.05, 3.63) is 63.6 Å². The maximum absolute atomic E-state index is 11.3. The highest BCUT2D eigenvalue weighted by molar-refractivity contribution is 6.35. The molecular formula is C15H13Cl2NO2. The molecule has 0 radical (unpaired) electrons. The Kier molecular flexibility index (Phi) is 4.88. The topological polar surface area (TPSA) is 38.3 Å². The Bertz CT molecular complexity index is 612. The monoisotopic (exact) mass is 309 g/mol. The van der Waals surface area contributed by atoms with Gasteiger partial charge >= 0.3 is 5.97 Å². The fraction of sp³-hybridized carbons (Fsp3) is 0.133. The molecule has 0 saturated carbocycles. The molecule has 0 aromatic heterocycles. The molecule has 0 amide bonds. The summed E-state index contributed by atoms with van der Waals surface area (Å²) in [5.74, 6) is -0.345. The molecule has 0 aliphatic carbocycles. The van der Waals surface area contributed by atoms with Crippen molar-refractivity contribution in [2.45, 2.75) is 6.54 Å². The summed E-state index contributed by atoms with van der Waals surface area (Å²) in [5, 5.41) is 4.43. The summed E-state index contributed by atoms with van der Waals surface area (Å²) in [7, 11) is 1.36. The number of ether oxygens (including phenoxy) is 1. The number of nitrogens with one attached hydrogen (secondary N) is 1. The molecule has 1 N–H and O–H groups in total. The molecule has 0 aliphatic rings. The van der Waals surface area contributed by atoms with Gasteiger partial charge < -0.3 is 10.1 Å².